The van der Waals surface area contributed by atoms with Gasteiger partial charge in [0.05, 0.1) is 13.2 Å². The number of aliphatic hydroxyl groups is 1. The highest BCUT2D eigenvalue weighted by atomic mass is 16.5. The van der Waals surface area contributed by atoms with E-state index in [1.807, 2.05) is 18.3 Å². The summed E-state index contributed by atoms with van der Waals surface area (Å²) in [4.78, 5) is 4.36. The molecule has 0 aromatic carbocycles. The lowest BCUT2D eigenvalue weighted by Crippen LogP contribution is -2.28. The molecule has 0 radical (unpaired) electrons. The number of pyridine rings is 1. The van der Waals surface area contributed by atoms with E-state index in [2.05, 4.69) is 29.5 Å². The molecule has 4 heteroatoms. The molecule has 4 nitrogen and oxygen atoms in total. The van der Waals surface area contributed by atoms with Crippen molar-refractivity contribution < 1.29 is 9.84 Å². The van der Waals surface area contributed by atoms with E-state index in [0.29, 0.717) is 5.88 Å². The Labute approximate surface area is 146 Å². The summed E-state index contributed by atoms with van der Waals surface area (Å²) < 4.78 is 5.68. The predicted molar refractivity (Wildman–Crippen MR) is 99.1 cm³/mol. The Hall–Kier alpha value is -1.77. The highest BCUT2D eigenvalue weighted by molar-refractivity contribution is 5.18. The van der Waals surface area contributed by atoms with E-state index in [4.69, 9.17) is 4.74 Å². The molecule has 2 N–H and O–H groups in total. The molecule has 1 atom stereocenters. The third-order valence-electron chi connectivity index (χ3n) is 3.97. The quantitative estimate of drug-likeness (QED) is 0.399. The molecule has 0 bridgehead atoms. The fourth-order valence-electron chi connectivity index (χ4n) is 2.45. The zero-order chi connectivity index (χ0) is 17.5. The van der Waals surface area contributed by atoms with Crippen LogP contribution in [0, 0.1) is 0 Å². The molecular weight excluding hydrogens is 300 g/mol. The second kappa shape index (κ2) is 13.6. The van der Waals surface area contributed by atoms with Crippen LogP contribution in [-0.2, 0) is 6.42 Å². The van der Waals surface area contributed by atoms with Crippen molar-refractivity contribution in [3.8, 4) is 5.88 Å². The number of aromatic nitrogens is 1. The van der Waals surface area contributed by atoms with Gasteiger partial charge in [-0.3, -0.25) is 0 Å². The molecule has 0 saturated heterocycles. The highest BCUT2D eigenvalue weighted by Gasteiger charge is 2.05. The first kappa shape index (κ1) is 20.3. The molecule has 0 aliphatic carbocycles. The number of aryl methyl sites for hydroxylation is 1. The molecule has 1 aromatic rings. The van der Waals surface area contributed by atoms with E-state index in [0.717, 1.165) is 31.4 Å². The van der Waals surface area contributed by atoms with Gasteiger partial charge in [-0.2, -0.15) is 0 Å². The minimum Gasteiger partial charge on any atom is -0.478 e. The van der Waals surface area contributed by atoms with Gasteiger partial charge in [0, 0.05) is 24.5 Å². The molecule has 134 valence electrons. The Balaban J connectivity index is 2.21. The Morgan fingerprint density at radius 2 is 2.08 bits per heavy atom. The molecule has 0 aliphatic rings. The average Bonchev–Trinajstić information content (AvgIpc) is 2.62. The van der Waals surface area contributed by atoms with E-state index >= 15 is 0 Å². The van der Waals surface area contributed by atoms with Crippen LogP contribution in [0.3, 0.4) is 0 Å². The monoisotopic (exact) mass is 332 g/mol. The largest absolute Gasteiger partial charge is 0.478 e. The van der Waals surface area contributed by atoms with Gasteiger partial charge >= 0.3 is 0 Å². The lowest BCUT2D eigenvalue weighted by atomic mass is 10.1. The smallest absolute Gasteiger partial charge is 0.213 e. The van der Waals surface area contributed by atoms with Gasteiger partial charge in [0.15, 0.2) is 0 Å². The topological polar surface area (TPSA) is 54.4 Å². The molecular formula is C20H32N2O2. The van der Waals surface area contributed by atoms with Gasteiger partial charge in [-0.15, -0.1) is 5.73 Å². The van der Waals surface area contributed by atoms with Crippen LogP contribution in [-0.4, -0.2) is 29.3 Å². The van der Waals surface area contributed by atoms with Crippen molar-refractivity contribution in [3.05, 3.63) is 42.4 Å². The maximum Gasteiger partial charge on any atom is 0.213 e. The first-order chi connectivity index (χ1) is 11.8. The van der Waals surface area contributed by atoms with Crippen molar-refractivity contribution in [1.29, 1.82) is 0 Å². The number of unbranched alkanes of at least 4 members (excludes halogenated alkanes) is 5. The van der Waals surface area contributed by atoms with Gasteiger partial charge in [-0.25, -0.2) is 4.98 Å². The minimum atomic E-state index is 0.0166. The number of hydrogen-bond donors (Lipinski definition) is 2. The number of nitrogens with one attached hydrogen (secondary N) is 1. The minimum absolute atomic E-state index is 0.0166. The number of rotatable bonds is 14. The van der Waals surface area contributed by atoms with E-state index in [1.165, 1.54) is 32.1 Å². The summed E-state index contributed by atoms with van der Waals surface area (Å²) in [5.74, 6) is 0.693. The van der Waals surface area contributed by atoms with Crippen molar-refractivity contribution in [3.63, 3.8) is 0 Å². The van der Waals surface area contributed by atoms with Crippen LogP contribution in [0.4, 0.5) is 0 Å². The van der Waals surface area contributed by atoms with Crippen LogP contribution in [0.1, 0.15) is 57.4 Å². The van der Waals surface area contributed by atoms with Gasteiger partial charge in [-0.05, 0) is 24.8 Å². The first-order valence-corrected chi connectivity index (χ1v) is 9.09. The maximum absolute atomic E-state index is 9.30. The van der Waals surface area contributed by atoms with Crippen molar-refractivity contribution in [2.45, 2.75) is 64.3 Å². The van der Waals surface area contributed by atoms with Crippen LogP contribution in [0.2, 0.25) is 0 Å². The van der Waals surface area contributed by atoms with Crippen LogP contribution in [0.25, 0.3) is 0 Å². The third-order valence-corrected chi connectivity index (χ3v) is 3.97. The zero-order valence-electron chi connectivity index (χ0n) is 15.0. The fourth-order valence-corrected chi connectivity index (χ4v) is 2.45. The first-order valence-electron chi connectivity index (χ1n) is 9.09. The predicted octanol–water partition coefficient (Wildman–Crippen LogP) is 4.00. The van der Waals surface area contributed by atoms with Crippen LogP contribution in [0.15, 0.2) is 36.8 Å². The Morgan fingerprint density at radius 3 is 2.75 bits per heavy atom. The molecule has 0 amide bonds. The van der Waals surface area contributed by atoms with E-state index in [-0.39, 0.29) is 12.6 Å². The Bertz CT molecular complexity index is 467. The third kappa shape index (κ3) is 9.39. The van der Waals surface area contributed by atoms with E-state index in [1.54, 1.807) is 6.20 Å². The second-order valence-electron chi connectivity index (χ2n) is 6.05. The lowest BCUT2D eigenvalue weighted by molar-refractivity contribution is 0.246. The lowest BCUT2D eigenvalue weighted by Gasteiger charge is -2.13. The van der Waals surface area contributed by atoms with Crippen molar-refractivity contribution in [1.82, 2.24) is 10.3 Å². The summed E-state index contributed by atoms with van der Waals surface area (Å²) in [5, 5.41) is 12.4. The summed E-state index contributed by atoms with van der Waals surface area (Å²) in [6.45, 7) is 6.56. The van der Waals surface area contributed by atoms with Gasteiger partial charge in [0.2, 0.25) is 5.88 Å². The molecule has 1 unspecified atom stereocenters. The van der Waals surface area contributed by atoms with Crippen LogP contribution < -0.4 is 10.1 Å². The van der Waals surface area contributed by atoms with Crippen LogP contribution in [0.5, 0.6) is 5.88 Å². The van der Waals surface area contributed by atoms with Crippen molar-refractivity contribution in [2.75, 3.05) is 13.2 Å². The molecule has 0 aliphatic heterocycles. The molecule has 0 fully saturated rings. The second-order valence-corrected chi connectivity index (χ2v) is 6.05. The normalized spacial score (nSPS) is 11.6. The number of aliphatic hydroxyl groups excluding tert-OH is 1. The van der Waals surface area contributed by atoms with Crippen molar-refractivity contribution >= 4 is 0 Å². The average molecular weight is 332 g/mol. The standard InChI is InChI=1S/C20H32N2O2/c1-3-5-6-7-8-9-15-24-20-13-11-18(16-22-20)10-12-19(17-23)21-14-4-2/h11,13-14,16,19,21,23H,2-3,5-10,12,15,17H2,1H3. The summed E-state index contributed by atoms with van der Waals surface area (Å²) in [5.41, 5.74) is 3.79. The number of hydrogen-bond acceptors (Lipinski definition) is 4. The van der Waals surface area contributed by atoms with Gasteiger partial charge in [-0.1, -0.05) is 51.7 Å². The van der Waals surface area contributed by atoms with Gasteiger partial charge in [0.1, 0.15) is 0 Å². The fraction of sp³-hybridized carbons (Fsp3) is 0.600. The summed E-state index contributed by atoms with van der Waals surface area (Å²) in [6, 6.07) is 3.99. The Kier molecular flexibility index (Phi) is 11.5. The number of ether oxygens (including phenoxy) is 1. The summed E-state index contributed by atoms with van der Waals surface area (Å²) in [6.07, 6.45) is 12.7. The zero-order valence-corrected chi connectivity index (χ0v) is 15.0. The SMILES string of the molecule is C=C=CNC(CO)CCc1ccc(OCCCCCCCC)nc1. The van der Waals surface area contributed by atoms with Crippen molar-refractivity contribution in [2.24, 2.45) is 0 Å². The van der Waals surface area contributed by atoms with Gasteiger partial charge < -0.3 is 15.2 Å². The molecule has 1 heterocycles. The molecule has 1 rings (SSSR count). The van der Waals surface area contributed by atoms with Crippen LogP contribution >= 0.6 is 0 Å². The Morgan fingerprint density at radius 1 is 1.29 bits per heavy atom. The molecule has 1 aromatic heterocycles. The molecule has 0 saturated carbocycles. The number of nitrogens with zero attached hydrogens (tertiary/aromatic N) is 1. The highest BCUT2D eigenvalue weighted by Crippen LogP contribution is 2.11. The van der Waals surface area contributed by atoms with Gasteiger partial charge in [0.25, 0.3) is 0 Å². The molecule has 24 heavy (non-hydrogen) atoms. The maximum atomic E-state index is 9.30. The molecule has 0 spiro atoms. The summed E-state index contributed by atoms with van der Waals surface area (Å²) in [7, 11) is 0. The van der Waals surface area contributed by atoms with E-state index < -0.39 is 0 Å². The summed E-state index contributed by atoms with van der Waals surface area (Å²) >= 11 is 0. The van der Waals surface area contributed by atoms with E-state index in [9.17, 15) is 5.11 Å².